The van der Waals surface area contributed by atoms with Gasteiger partial charge < -0.3 is 31.3 Å². The standard InChI is InChI=1S/C21H28N8O4/c1-2-4-13(22)20(32)28(8-12-5-3-6-24-7-12)16-17(31)14(9-30)33-21(16)29-11-27-15-18(23)25-10-26-19(15)29/h3,5-7,10-11,13-14,16-17,21,30-31H,2,4,8-9,22H2,1H3,(H2,23,25,26)/p+1/t13?,14-,16?,17+,21-/m1/s1. The molecule has 4 heterocycles. The van der Waals surface area contributed by atoms with Crippen LogP contribution < -0.4 is 16.5 Å². The van der Waals surface area contributed by atoms with E-state index in [1.165, 1.54) is 17.6 Å². The van der Waals surface area contributed by atoms with Gasteiger partial charge in [-0.2, -0.15) is 0 Å². The third-order valence-corrected chi connectivity index (χ3v) is 5.86. The van der Waals surface area contributed by atoms with Crippen molar-refractivity contribution in [2.24, 2.45) is 5.73 Å². The fourth-order valence-electron chi connectivity index (χ4n) is 4.21. The summed E-state index contributed by atoms with van der Waals surface area (Å²) in [5, 5.41) is 21.0. The van der Waals surface area contributed by atoms with Crippen molar-refractivity contribution in [3.63, 3.8) is 0 Å². The van der Waals surface area contributed by atoms with Crippen LogP contribution >= 0.6 is 0 Å². The Labute approximate surface area is 190 Å². The highest BCUT2D eigenvalue weighted by Crippen LogP contribution is 2.36. The molecule has 1 aliphatic rings. The number of amides is 1. The number of anilines is 1. The van der Waals surface area contributed by atoms with Crippen LogP contribution in [0.5, 0.6) is 0 Å². The van der Waals surface area contributed by atoms with Crippen molar-refractivity contribution in [3.05, 3.63) is 42.7 Å². The Morgan fingerprint density at radius 2 is 2.21 bits per heavy atom. The van der Waals surface area contributed by atoms with Crippen LogP contribution in [0.4, 0.5) is 5.82 Å². The maximum absolute atomic E-state index is 13.5. The van der Waals surface area contributed by atoms with Crippen LogP contribution in [-0.4, -0.2) is 71.4 Å². The molecule has 1 amide bonds. The van der Waals surface area contributed by atoms with Crippen LogP contribution in [0.3, 0.4) is 0 Å². The Balaban J connectivity index is 1.78. The Kier molecular flexibility index (Phi) is 6.79. The summed E-state index contributed by atoms with van der Waals surface area (Å²) in [5.41, 5.74) is 13.7. The van der Waals surface area contributed by atoms with Gasteiger partial charge in [-0.05, 0) is 12.5 Å². The molecule has 1 saturated heterocycles. The Bertz CT molecular complexity index is 1090. The van der Waals surface area contributed by atoms with Gasteiger partial charge in [0.15, 0.2) is 30.1 Å². The molecule has 2 unspecified atom stereocenters. The van der Waals surface area contributed by atoms with E-state index in [2.05, 4.69) is 19.9 Å². The second kappa shape index (κ2) is 9.75. The van der Waals surface area contributed by atoms with Crippen LogP contribution in [0, 0.1) is 0 Å². The third kappa shape index (κ3) is 4.37. The minimum Gasteiger partial charge on any atom is -0.394 e. The first kappa shape index (κ1) is 23.0. The molecule has 0 saturated carbocycles. The second-order valence-electron chi connectivity index (χ2n) is 8.08. The molecule has 0 aromatic carbocycles. The van der Waals surface area contributed by atoms with E-state index in [9.17, 15) is 15.0 Å². The summed E-state index contributed by atoms with van der Waals surface area (Å²) in [5.74, 6) is -0.124. The van der Waals surface area contributed by atoms with Crippen LogP contribution in [0.25, 0.3) is 11.2 Å². The fraction of sp³-hybridized carbons (Fsp3) is 0.476. The molecule has 0 radical (unpaired) electrons. The van der Waals surface area contributed by atoms with E-state index in [1.807, 2.05) is 19.1 Å². The van der Waals surface area contributed by atoms with E-state index in [1.54, 1.807) is 17.0 Å². The van der Waals surface area contributed by atoms with Gasteiger partial charge in [0, 0.05) is 11.6 Å². The predicted octanol–water partition coefficient (Wildman–Crippen LogP) is -1.00. The number of nitrogens with two attached hydrogens (primary N) is 2. The minimum atomic E-state index is -1.18. The SMILES string of the molecule is CCCC(N)C(=O)N(Cc1ccc[nH+]c1)C1[C@@H](O)[C@@H](CO)O[C@H]1n1cnc2c(N)ncnc21. The molecule has 1 fully saturated rings. The summed E-state index contributed by atoms with van der Waals surface area (Å²) in [6.07, 6.45) is 4.55. The second-order valence-corrected chi connectivity index (χ2v) is 8.08. The van der Waals surface area contributed by atoms with Gasteiger partial charge in [-0.15, -0.1) is 0 Å². The summed E-state index contributed by atoms with van der Waals surface area (Å²) >= 11 is 0. The van der Waals surface area contributed by atoms with Gasteiger partial charge in [0.2, 0.25) is 5.91 Å². The lowest BCUT2D eigenvalue weighted by Crippen LogP contribution is -2.54. The lowest BCUT2D eigenvalue weighted by atomic mass is 10.0. The van der Waals surface area contributed by atoms with Crippen molar-refractivity contribution in [1.29, 1.82) is 0 Å². The summed E-state index contributed by atoms with van der Waals surface area (Å²) in [7, 11) is 0. The molecule has 5 atom stereocenters. The van der Waals surface area contributed by atoms with E-state index in [4.69, 9.17) is 16.2 Å². The smallest absolute Gasteiger partial charge is 0.240 e. The highest BCUT2D eigenvalue weighted by Gasteiger charge is 2.50. The van der Waals surface area contributed by atoms with Gasteiger partial charge >= 0.3 is 0 Å². The molecule has 3 aromatic rings. The highest BCUT2D eigenvalue weighted by molar-refractivity contribution is 5.83. The van der Waals surface area contributed by atoms with Crippen molar-refractivity contribution >= 4 is 22.9 Å². The van der Waals surface area contributed by atoms with E-state index in [-0.39, 0.29) is 18.3 Å². The van der Waals surface area contributed by atoms with Crippen LogP contribution in [0.15, 0.2) is 37.2 Å². The third-order valence-electron chi connectivity index (χ3n) is 5.86. The number of aromatic nitrogens is 5. The minimum absolute atomic E-state index is 0.178. The number of nitrogen functional groups attached to an aromatic ring is 1. The lowest BCUT2D eigenvalue weighted by Gasteiger charge is -2.35. The van der Waals surface area contributed by atoms with E-state index in [0.717, 1.165) is 12.0 Å². The lowest BCUT2D eigenvalue weighted by molar-refractivity contribution is -0.378. The van der Waals surface area contributed by atoms with E-state index < -0.39 is 37.1 Å². The maximum atomic E-state index is 13.5. The number of hydrogen-bond donors (Lipinski definition) is 4. The zero-order chi connectivity index (χ0) is 23.5. The number of rotatable bonds is 8. The summed E-state index contributed by atoms with van der Waals surface area (Å²) in [4.78, 5) is 30.5. The van der Waals surface area contributed by atoms with Crippen LogP contribution in [0.2, 0.25) is 0 Å². The number of imidazole rings is 1. The molecule has 0 bridgehead atoms. The van der Waals surface area contributed by atoms with Gasteiger partial charge in [-0.25, -0.2) is 19.9 Å². The van der Waals surface area contributed by atoms with Gasteiger partial charge in [0.1, 0.15) is 30.1 Å². The molecule has 4 rings (SSSR count). The maximum Gasteiger partial charge on any atom is 0.240 e. The first-order valence-electron chi connectivity index (χ1n) is 10.8. The molecule has 3 aromatic heterocycles. The average Bonchev–Trinajstić information content (AvgIpc) is 3.39. The number of pyridine rings is 1. The molecule has 1 aliphatic heterocycles. The molecule has 12 heteroatoms. The Morgan fingerprint density at radius 3 is 2.91 bits per heavy atom. The largest absolute Gasteiger partial charge is 0.394 e. The molecule has 176 valence electrons. The van der Waals surface area contributed by atoms with Crippen molar-refractivity contribution in [1.82, 2.24) is 24.4 Å². The normalized spacial score (nSPS) is 23.6. The predicted molar refractivity (Wildman–Crippen MR) is 117 cm³/mol. The number of carbonyl (C=O) groups is 1. The van der Waals surface area contributed by atoms with Gasteiger partial charge in [0.05, 0.1) is 25.5 Å². The quantitative estimate of drug-likeness (QED) is 0.330. The molecule has 33 heavy (non-hydrogen) atoms. The summed E-state index contributed by atoms with van der Waals surface area (Å²) < 4.78 is 7.61. The van der Waals surface area contributed by atoms with Crippen molar-refractivity contribution < 1.29 is 24.7 Å². The number of nitrogens with one attached hydrogen (secondary N) is 1. The molecular weight excluding hydrogens is 428 g/mol. The number of ether oxygens (including phenoxy) is 1. The van der Waals surface area contributed by atoms with Crippen molar-refractivity contribution in [2.45, 2.75) is 56.8 Å². The zero-order valence-corrected chi connectivity index (χ0v) is 18.3. The topological polar surface area (TPSA) is 180 Å². The van der Waals surface area contributed by atoms with Crippen molar-refractivity contribution in [2.75, 3.05) is 12.3 Å². The Hall–Kier alpha value is -3.19. The van der Waals surface area contributed by atoms with E-state index >= 15 is 0 Å². The number of hydrogen-bond acceptors (Lipinski definition) is 9. The summed E-state index contributed by atoms with van der Waals surface area (Å²) in [6.45, 7) is 1.70. The van der Waals surface area contributed by atoms with E-state index in [0.29, 0.717) is 17.6 Å². The zero-order valence-electron chi connectivity index (χ0n) is 18.3. The Morgan fingerprint density at radius 1 is 1.39 bits per heavy atom. The van der Waals surface area contributed by atoms with Gasteiger partial charge in [-0.3, -0.25) is 9.36 Å². The van der Waals surface area contributed by atoms with Gasteiger partial charge in [-0.1, -0.05) is 13.3 Å². The number of carbonyl (C=O) groups excluding carboxylic acids is 1. The number of aromatic amines is 1. The molecule has 7 N–H and O–H groups in total. The molecule has 0 spiro atoms. The van der Waals surface area contributed by atoms with Gasteiger partial charge in [0.25, 0.3) is 0 Å². The first-order chi connectivity index (χ1) is 16.0. The fourth-order valence-corrected chi connectivity index (χ4v) is 4.21. The van der Waals surface area contributed by atoms with Crippen molar-refractivity contribution in [3.8, 4) is 0 Å². The molecular formula is C21H29N8O4+. The van der Waals surface area contributed by atoms with Crippen LogP contribution in [0.1, 0.15) is 31.6 Å². The average molecular weight is 458 g/mol. The number of aliphatic hydroxyl groups excluding tert-OH is 2. The molecule has 0 aliphatic carbocycles. The highest BCUT2D eigenvalue weighted by atomic mass is 16.5. The van der Waals surface area contributed by atoms with Crippen LogP contribution in [-0.2, 0) is 16.1 Å². The number of aliphatic hydroxyl groups is 2. The molecule has 12 nitrogen and oxygen atoms in total. The monoisotopic (exact) mass is 457 g/mol. The number of nitrogens with zero attached hydrogens (tertiary/aromatic N) is 5. The number of fused-ring (bicyclic) bond motifs is 1. The summed E-state index contributed by atoms with van der Waals surface area (Å²) in [6, 6.07) is 2.07. The number of H-pyrrole nitrogens is 1. The first-order valence-corrected chi connectivity index (χ1v) is 10.8.